The lowest BCUT2D eigenvalue weighted by atomic mass is 9.97. The van der Waals surface area contributed by atoms with E-state index in [0.717, 1.165) is 14.2 Å². The van der Waals surface area contributed by atoms with Gasteiger partial charge in [-0.15, -0.1) is 0 Å². The molecule has 2 aliphatic heterocycles. The molecule has 0 radical (unpaired) electrons. The van der Waals surface area contributed by atoms with E-state index in [9.17, 15) is 62.3 Å². The van der Waals surface area contributed by atoms with Gasteiger partial charge in [-0.3, -0.25) is 0 Å². The normalized spacial score (nSPS) is 12.9. The maximum absolute atomic E-state index is 14.5. The van der Waals surface area contributed by atoms with E-state index in [-0.39, 0.29) is 101 Å². The molecule has 0 unspecified atom stereocenters. The van der Waals surface area contributed by atoms with Gasteiger partial charge in [-0.2, -0.15) is 52.7 Å². The minimum atomic E-state index is -5.25. The number of aromatic amines is 2. The topological polar surface area (TPSA) is 110 Å². The standard InChI is InChI=1S/C52H30F12N4O4/c1-71-47(69)27-7-3-25(4-8-27)43-35-11-15-39(65-35)45(29-19-31(49(53,54)55)23-32(20-29)50(56,57)58)41-17-13-37(67-41)44(26-5-9-28(10-6-26)48(70)72-2)38-14-18-42(68-38)46(40-16-12-36(43)66-40)30-21-33(51(59,60)61)24-34(22-30)52(62,63)64/h3-24,65,68H,1-2H3. The molecular weight excluding hydrogens is 973 g/mol. The molecule has 3 aromatic heterocycles. The molecule has 8 nitrogen and oxygen atoms in total. The van der Waals surface area contributed by atoms with Crippen LogP contribution in [0.25, 0.3) is 90.9 Å². The number of ether oxygens (including phenoxy) is 2. The van der Waals surface area contributed by atoms with Gasteiger partial charge in [0.1, 0.15) is 0 Å². The molecule has 0 aliphatic carbocycles. The first kappa shape index (κ1) is 48.6. The zero-order chi connectivity index (χ0) is 51.7. The summed E-state index contributed by atoms with van der Waals surface area (Å²) in [6, 6.07) is 19.1. The molecule has 0 saturated heterocycles. The molecule has 2 N–H and O–H groups in total. The third-order valence-electron chi connectivity index (χ3n) is 11.7. The molecular formula is C52H30F12N4O4. The summed E-state index contributed by atoms with van der Waals surface area (Å²) in [6.07, 6.45) is -15.5. The molecule has 5 heterocycles. The van der Waals surface area contributed by atoms with Gasteiger partial charge in [0.15, 0.2) is 0 Å². The summed E-state index contributed by atoms with van der Waals surface area (Å²) in [4.78, 5) is 40.6. The predicted octanol–water partition coefficient (Wildman–Crippen LogP) is 15.0. The Bertz CT molecular complexity index is 3280. The number of H-pyrrole nitrogens is 2. The highest BCUT2D eigenvalue weighted by atomic mass is 19.4. The molecule has 72 heavy (non-hydrogen) atoms. The number of hydrogen-bond acceptors (Lipinski definition) is 6. The lowest BCUT2D eigenvalue weighted by molar-refractivity contribution is -0.144. The van der Waals surface area contributed by atoms with Crippen molar-refractivity contribution in [2.45, 2.75) is 24.7 Å². The number of halogens is 12. The van der Waals surface area contributed by atoms with Crippen molar-refractivity contribution >= 4 is 58.3 Å². The van der Waals surface area contributed by atoms with Crippen molar-refractivity contribution in [3.05, 3.63) is 165 Å². The monoisotopic (exact) mass is 1000 g/mol. The fourth-order valence-electron chi connectivity index (χ4n) is 8.40. The van der Waals surface area contributed by atoms with Crippen LogP contribution in [0, 0.1) is 0 Å². The highest BCUT2D eigenvalue weighted by Crippen LogP contribution is 2.44. The Morgan fingerprint density at radius 3 is 0.861 bits per heavy atom. The Morgan fingerprint density at radius 1 is 0.375 bits per heavy atom. The first-order valence-corrected chi connectivity index (χ1v) is 21.0. The van der Waals surface area contributed by atoms with Crippen LogP contribution in [0.15, 0.2) is 109 Å². The quantitative estimate of drug-likeness (QED) is 0.127. The zero-order valence-electron chi connectivity index (χ0n) is 36.8. The number of nitrogens with zero attached hydrogens (tertiary/aromatic N) is 2. The number of methoxy groups -OCH3 is 2. The summed E-state index contributed by atoms with van der Waals surface area (Å²) in [5.41, 5.74) is -7.15. The van der Waals surface area contributed by atoms with Crippen molar-refractivity contribution in [1.82, 2.24) is 19.9 Å². The smallest absolute Gasteiger partial charge is 0.416 e. The SMILES string of the molecule is COC(=O)c1ccc(-c2c3nc(c(-c4cc(C(F)(F)F)cc(C(F)(F)F)c4)c4ccc([nH]4)c(-c4ccc(C(=O)OC)cc4)c4nc(c(-c5cc(C(F)(F)F)cc(C(F)(F)F)c5)c5ccc2[nH]5)C=C4)C=C3)cc1. The van der Waals surface area contributed by atoms with Gasteiger partial charge < -0.3 is 19.4 Å². The highest BCUT2D eigenvalue weighted by Gasteiger charge is 2.39. The minimum Gasteiger partial charge on any atom is -0.465 e. The van der Waals surface area contributed by atoms with Gasteiger partial charge in [0, 0.05) is 44.3 Å². The average Bonchev–Trinajstić information content (AvgIpc) is 4.19. The van der Waals surface area contributed by atoms with Crippen LogP contribution in [0.4, 0.5) is 52.7 Å². The summed E-state index contributed by atoms with van der Waals surface area (Å²) < 4.78 is 183. The third kappa shape index (κ3) is 9.34. The van der Waals surface area contributed by atoms with Gasteiger partial charge in [-0.05, 0) is 131 Å². The van der Waals surface area contributed by atoms with Crippen molar-refractivity contribution in [2.24, 2.45) is 0 Å². The second kappa shape index (κ2) is 17.8. The van der Waals surface area contributed by atoms with Gasteiger partial charge in [-0.25, -0.2) is 19.6 Å². The zero-order valence-corrected chi connectivity index (χ0v) is 36.8. The summed E-state index contributed by atoms with van der Waals surface area (Å²) in [6.45, 7) is 0. The van der Waals surface area contributed by atoms with Crippen molar-refractivity contribution in [1.29, 1.82) is 0 Å². The summed E-state index contributed by atoms with van der Waals surface area (Å²) in [5, 5.41) is 0. The lowest BCUT2D eigenvalue weighted by Crippen LogP contribution is -2.11. The van der Waals surface area contributed by atoms with Crippen molar-refractivity contribution in [3.63, 3.8) is 0 Å². The number of esters is 2. The molecule has 20 heteroatoms. The van der Waals surface area contributed by atoms with Crippen LogP contribution in [0.3, 0.4) is 0 Å². The first-order chi connectivity index (χ1) is 33.9. The van der Waals surface area contributed by atoms with Gasteiger partial charge in [-0.1, -0.05) is 24.3 Å². The molecule has 366 valence electrons. The van der Waals surface area contributed by atoms with E-state index in [2.05, 4.69) is 9.97 Å². The van der Waals surface area contributed by atoms with E-state index in [0.29, 0.717) is 24.3 Å². The molecule has 4 aromatic carbocycles. The van der Waals surface area contributed by atoms with Crippen LogP contribution >= 0.6 is 0 Å². The average molecular weight is 1000 g/mol. The van der Waals surface area contributed by atoms with Gasteiger partial charge in [0.2, 0.25) is 0 Å². The van der Waals surface area contributed by atoms with E-state index < -0.39 is 70.0 Å². The second-order valence-corrected chi connectivity index (χ2v) is 16.2. The number of carbonyl (C=O) groups is 2. The van der Waals surface area contributed by atoms with Crippen molar-refractivity contribution in [2.75, 3.05) is 14.2 Å². The van der Waals surface area contributed by atoms with Crippen LogP contribution in [0.1, 0.15) is 65.7 Å². The van der Waals surface area contributed by atoms with E-state index in [4.69, 9.17) is 19.4 Å². The number of hydrogen-bond donors (Lipinski definition) is 2. The Balaban J connectivity index is 1.48. The van der Waals surface area contributed by atoms with E-state index in [1.165, 1.54) is 97.1 Å². The molecule has 8 bridgehead atoms. The van der Waals surface area contributed by atoms with Crippen LogP contribution in [0.2, 0.25) is 0 Å². The Labute approximate surface area is 397 Å². The fourth-order valence-corrected chi connectivity index (χ4v) is 8.40. The fraction of sp³-hybridized carbons (Fsp3) is 0.115. The third-order valence-corrected chi connectivity index (χ3v) is 11.7. The summed E-state index contributed by atoms with van der Waals surface area (Å²) in [5.74, 6) is -1.44. The first-order valence-electron chi connectivity index (χ1n) is 21.0. The molecule has 9 rings (SSSR count). The number of alkyl halides is 12. The minimum absolute atomic E-state index is 0.0205. The second-order valence-electron chi connectivity index (χ2n) is 16.2. The molecule has 0 atom stereocenters. The number of benzene rings is 4. The summed E-state index contributed by atoms with van der Waals surface area (Å²) in [7, 11) is 2.30. The Kier molecular flexibility index (Phi) is 12.0. The Hall–Kier alpha value is -8.42. The molecule has 0 saturated carbocycles. The largest absolute Gasteiger partial charge is 0.465 e. The number of rotatable bonds is 6. The molecule has 0 spiro atoms. The highest BCUT2D eigenvalue weighted by molar-refractivity contribution is 6.01. The van der Waals surface area contributed by atoms with Crippen LogP contribution in [0.5, 0.6) is 0 Å². The van der Waals surface area contributed by atoms with Crippen LogP contribution < -0.4 is 0 Å². The van der Waals surface area contributed by atoms with E-state index in [1.807, 2.05) is 0 Å². The van der Waals surface area contributed by atoms with Gasteiger partial charge >= 0.3 is 36.6 Å². The van der Waals surface area contributed by atoms with Gasteiger partial charge in [0.25, 0.3) is 0 Å². The van der Waals surface area contributed by atoms with E-state index in [1.54, 1.807) is 0 Å². The van der Waals surface area contributed by atoms with Crippen LogP contribution in [-0.2, 0) is 34.2 Å². The Morgan fingerprint density at radius 2 is 0.625 bits per heavy atom. The number of carbonyl (C=O) groups excluding carboxylic acids is 2. The van der Waals surface area contributed by atoms with Gasteiger partial charge in [0.05, 0.1) is 70.4 Å². The summed E-state index contributed by atoms with van der Waals surface area (Å²) >= 11 is 0. The van der Waals surface area contributed by atoms with Crippen molar-refractivity contribution < 1.29 is 71.7 Å². The molecule has 0 fully saturated rings. The van der Waals surface area contributed by atoms with Crippen LogP contribution in [-0.4, -0.2) is 46.1 Å². The van der Waals surface area contributed by atoms with Crippen molar-refractivity contribution in [3.8, 4) is 44.5 Å². The maximum Gasteiger partial charge on any atom is 0.416 e. The maximum atomic E-state index is 14.5. The number of fused-ring (bicyclic) bond motifs is 8. The molecule has 2 aliphatic rings. The number of nitrogens with one attached hydrogen (secondary N) is 2. The lowest BCUT2D eigenvalue weighted by Gasteiger charge is -2.15. The number of aromatic nitrogens is 4. The molecule has 7 aromatic rings. The predicted molar refractivity (Wildman–Crippen MR) is 243 cm³/mol. The van der Waals surface area contributed by atoms with E-state index >= 15 is 0 Å². The molecule has 0 amide bonds.